The molecule has 0 bridgehead atoms. The third-order valence-electron chi connectivity index (χ3n) is 3.83. The first kappa shape index (κ1) is 13.7. The van der Waals surface area contributed by atoms with Gasteiger partial charge < -0.3 is 15.2 Å². The topological polar surface area (TPSA) is 44.5 Å². The van der Waals surface area contributed by atoms with E-state index in [-0.39, 0.29) is 5.41 Å². The first-order valence-electron chi connectivity index (χ1n) is 6.37. The molecule has 100 valence electrons. The number of ether oxygens (including phenoxy) is 2. The van der Waals surface area contributed by atoms with Crippen LogP contribution in [-0.4, -0.2) is 20.3 Å². The van der Waals surface area contributed by atoms with Crippen LogP contribution in [0.1, 0.15) is 31.7 Å². The van der Waals surface area contributed by atoms with Crippen LogP contribution in [0.25, 0.3) is 0 Å². The molecule has 0 aliphatic heterocycles. The second-order valence-electron chi connectivity index (χ2n) is 4.76. The van der Waals surface area contributed by atoms with E-state index >= 15 is 0 Å². The summed E-state index contributed by atoms with van der Waals surface area (Å²) in [7, 11) is 1.66. The first-order chi connectivity index (χ1) is 8.66. The Kier molecular flexibility index (Phi) is 4.17. The molecule has 0 spiro atoms. The third kappa shape index (κ3) is 2.24. The Morgan fingerprint density at radius 1 is 1.39 bits per heavy atom. The smallest absolute Gasteiger partial charge is 0.174 e. The molecular weight excluding hydrogens is 294 g/mol. The summed E-state index contributed by atoms with van der Waals surface area (Å²) in [6.07, 6.45) is 3.58. The van der Waals surface area contributed by atoms with E-state index in [4.69, 9.17) is 15.2 Å². The van der Waals surface area contributed by atoms with Gasteiger partial charge in [0.1, 0.15) is 0 Å². The van der Waals surface area contributed by atoms with Gasteiger partial charge in [-0.05, 0) is 53.4 Å². The Morgan fingerprint density at radius 2 is 2.11 bits per heavy atom. The molecule has 4 heteroatoms. The summed E-state index contributed by atoms with van der Waals surface area (Å²) in [6.45, 7) is 3.29. The predicted molar refractivity (Wildman–Crippen MR) is 76.4 cm³/mol. The SMILES string of the molecule is CCOc1cc(C2(CN)CCC2)cc(Br)c1OC. The summed E-state index contributed by atoms with van der Waals surface area (Å²) in [5.41, 5.74) is 7.35. The van der Waals surface area contributed by atoms with Crippen molar-refractivity contribution in [2.45, 2.75) is 31.6 Å². The van der Waals surface area contributed by atoms with Crippen LogP contribution in [0.2, 0.25) is 0 Å². The van der Waals surface area contributed by atoms with Crippen LogP contribution in [-0.2, 0) is 5.41 Å². The molecule has 1 fully saturated rings. The van der Waals surface area contributed by atoms with E-state index in [2.05, 4.69) is 28.1 Å². The van der Waals surface area contributed by atoms with Crippen LogP contribution in [0.15, 0.2) is 16.6 Å². The minimum absolute atomic E-state index is 0.140. The van der Waals surface area contributed by atoms with Gasteiger partial charge in [-0.3, -0.25) is 0 Å². The summed E-state index contributed by atoms with van der Waals surface area (Å²) >= 11 is 3.56. The molecule has 1 aromatic rings. The summed E-state index contributed by atoms with van der Waals surface area (Å²) in [6, 6.07) is 4.20. The van der Waals surface area contributed by atoms with Crippen LogP contribution in [0.4, 0.5) is 0 Å². The number of halogens is 1. The van der Waals surface area contributed by atoms with Crippen molar-refractivity contribution in [3.05, 3.63) is 22.2 Å². The normalized spacial score (nSPS) is 17.1. The minimum Gasteiger partial charge on any atom is -0.492 e. The maximum absolute atomic E-state index is 5.96. The lowest BCUT2D eigenvalue weighted by Gasteiger charge is -2.41. The second-order valence-corrected chi connectivity index (χ2v) is 5.61. The van der Waals surface area contributed by atoms with E-state index < -0.39 is 0 Å². The van der Waals surface area contributed by atoms with Gasteiger partial charge in [0, 0.05) is 12.0 Å². The van der Waals surface area contributed by atoms with Crippen molar-refractivity contribution in [2.24, 2.45) is 5.73 Å². The van der Waals surface area contributed by atoms with E-state index in [0.29, 0.717) is 13.2 Å². The van der Waals surface area contributed by atoms with Gasteiger partial charge in [-0.25, -0.2) is 0 Å². The maximum Gasteiger partial charge on any atom is 0.174 e. The van der Waals surface area contributed by atoms with Gasteiger partial charge in [-0.15, -0.1) is 0 Å². The highest BCUT2D eigenvalue weighted by Crippen LogP contribution is 2.47. The van der Waals surface area contributed by atoms with Crippen molar-refractivity contribution < 1.29 is 9.47 Å². The second kappa shape index (κ2) is 5.49. The summed E-state index contributed by atoms with van der Waals surface area (Å²) in [5.74, 6) is 1.55. The van der Waals surface area contributed by atoms with Crippen molar-refractivity contribution in [1.82, 2.24) is 0 Å². The molecule has 0 aromatic heterocycles. The zero-order valence-corrected chi connectivity index (χ0v) is 12.5. The summed E-state index contributed by atoms with van der Waals surface area (Å²) in [5, 5.41) is 0. The Hall–Kier alpha value is -0.740. The number of methoxy groups -OCH3 is 1. The molecule has 2 N–H and O–H groups in total. The van der Waals surface area contributed by atoms with Gasteiger partial charge in [-0.2, -0.15) is 0 Å². The lowest BCUT2D eigenvalue weighted by Crippen LogP contribution is -2.41. The number of hydrogen-bond donors (Lipinski definition) is 1. The highest BCUT2D eigenvalue weighted by molar-refractivity contribution is 9.10. The molecule has 0 heterocycles. The zero-order chi connectivity index (χ0) is 13.2. The van der Waals surface area contributed by atoms with Crippen LogP contribution in [0.3, 0.4) is 0 Å². The fraction of sp³-hybridized carbons (Fsp3) is 0.571. The molecule has 1 aliphatic carbocycles. The molecule has 0 radical (unpaired) electrons. The number of hydrogen-bond acceptors (Lipinski definition) is 3. The molecule has 1 saturated carbocycles. The molecule has 3 nitrogen and oxygen atoms in total. The number of nitrogens with two attached hydrogens (primary N) is 1. The van der Waals surface area contributed by atoms with E-state index in [1.54, 1.807) is 7.11 Å². The van der Waals surface area contributed by atoms with Gasteiger partial charge in [-0.1, -0.05) is 6.42 Å². The zero-order valence-electron chi connectivity index (χ0n) is 11.0. The predicted octanol–water partition coefficient (Wildman–Crippen LogP) is 3.24. The highest BCUT2D eigenvalue weighted by Gasteiger charge is 2.38. The molecule has 1 aliphatic rings. The highest BCUT2D eigenvalue weighted by atomic mass is 79.9. The molecule has 18 heavy (non-hydrogen) atoms. The maximum atomic E-state index is 5.96. The third-order valence-corrected chi connectivity index (χ3v) is 4.42. The van der Waals surface area contributed by atoms with Crippen LogP contribution >= 0.6 is 15.9 Å². The lowest BCUT2D eigenvalue weighted by atomic mass is 9.64. The quantitative estimate of drug-likeness (QED) is 0.907. The fourth-order valence-corrected chi connectivity index (χ4v) is 3.15. The molecule has 0 atom stereocenters. The number of benzene rings is 1. The van der Waals surface area contributed by atoms with Crippen molar-refractivity contribution in [3.8, 4) is 11.5 Å². The van der Waals surface area contributed by atoms with Gasteiger partial charge in [0.2, 0.25) is 0 Å². The van der Waals surface area contributed by atoms with E-state index in [1.807, 2.05) is 6.92 Å². The Balaban J connectivity index is 2.43. The Morgan fingerprint density at radius 3 is 2.56 bits per heavy atom. The van der Waals surface area contributed by atoms with E-state index in [9.17, 15) is 0 Å². The van der Waals surface area contributed by atoms with Crippen LogP contribution in [0.5, 0.6) is 11.5 Å². The standard InChI is InChI=1S/C14H20BrNO2/c1-3-18-12-8-10(7-11(15)13(12)17-2)14(9-16)5-4-6-14/h7-8H,3-6,9,16H2,1-2H3. The van der Waals surface area contributed by atoms with Crippen molar-refractivity contribution in [2.75, 3.05) is 20.3 Å². The van der Waals surface area contributed by atoms with E-state index in [1.165, 1.54) is 12.0 Å². The summed E-state index contributed by atoms with van der Waals surface area (Å²) < 4.78 is 12.0. The van der Waals surface area contributed by atoms with Gasteiger partial charge in [0.15, 0.2) is 11.5 Å². The molecule has 2 rings (SSSR count). The van der Waals surface area contributed by atoms with Crippen molar-refractivity contribution in [1.29, 1.82) is 0 Å². The largest absolute Gasteiger partial charge is 0.492 e. The molecular formula is C14H20BrNO2. The average Bonchev–Trinajstić information content (AvgIpc) is 2.28. The Labute approximate surface area is 117 Å². The molecule has 0 saturated heterocycles. The van der Waals surface area contributed by atoms with Gasteiger partial charge in [0.05, 0.1) is 18.2 Å². The Bertz CT molecular complexity index is 425. The molecule has 1 aromatic carbocycles. The van der Waals surface area contributed by atoms with Crippen molar-refractivity contribution >= 4 is 15.9 Å². The average molecular weight is 314 g/mol. The van der Waals surface area contributed by atoms with Crippen LogP contribution in [0, 0.1) is 0 Å². The van der Waals surface area contributed by atoms with Gasteiger partial charge in [0.25, 0.3) is 0 Å². The van der Waals surface area contributed by atoms with E-state index in [0.717, 1.165) is 28.8 Å². The first-order valence-corrected chi connectivity index (χ1v) is 7.17. The number of rotatable bonds is 5. The van der Waals surface area contributed by atoms with Gasteiger partial charge >= 0.3 is 0 Å². The minimum atomic E-state index is 0.140. The van der Waals surface area contributed by atoms with Crippen molar-refractivity contribution in [3.63, 3.8) is 0 Å². The molecule has 0 unspecified atom stereocenters. The molecule has 0 amide bonds. The summed E-state index contributed by atoms with van der Waals surface area (Å²) in [4.78, 5) is 0. The monoisotopic (exact) mass is 313 g/mol. The van der Waals surface area contributed by atoms with Crippen LogP contribution < -0.4 is 15.2 Å². The lowest BCUT2D eigenvalue weighted by molar-refractivity contribution is 0.250. The fourth-order valence-electron chi connectivity index (χ4n) is 2.55.